The van der Waals surface area contributed by atoms with Gasteiger partial charge in [0.2, 0.25) is 0 Å². The van der Waals surface area contributed by atoms with E-state index in [0.717, 1.165) is 3.57 Å². The normalized spacial score (nSPS) is 9.50. The van der Waals surface area contributed by atoms with Crippen molar-refractivity contribution in [2.24, 2.45) is 0 Å². The highest BCUT2D eigenvalue weighted by Crippen LogP contribution is 2.27. The highest BCUT2D eigenvalue weighted by atomic mass is 127. The van der Waals surface area contributed by atoms with E-state index in [-0.39, 0.29) is 11.3 Å². The van der Waals surface area contributed by atoms with E-state index < -0.39 is 4.92 Å². The zero-order chi connectivity index (χ0) is 10.7. The van der Waals surface area contributed by atoms with Gasteiger partial charge in [-0.25, -0.2) is 0 Å². The SMILES string of the molecule is N#Cc1cc(I)cc(CBr)c1[N+](=O)[O-]. The van der Waals surface area contributed by atoms with E-state index in [9.17, 15) is 10.1 Å². The van der Waals surface area contributed by atoms with Crippen LogP contribution >= 0.6 is 38.5 Å². The zero-order valence-corrected chi connectivity index (χ0v) is 10.6. The lowest BCUT2D eigenvalue weighted by Gasteiger charge is -2.01. The molecule has 0 unspecified atom stereocenters. The van der Waals surface area contributed by atoms with Crippen LogP contribution in [0.1, 0.15) is 11.1 Å². The van der Waals surface area contributed by atoms with Crippen LogP contribution in [0.2, 0.25) is 0 Å². The highest BCUT2D eigenvalue weighted by molar-refractivity contribution is 14.1. The van der Waals surface area contributed by atoms with Crippen molar-refractivity contribution in [3.63, 3.8) is 0 Å². The zero-order valence-electron chi connectivity index (χ0n) is 6.83. The van der Waals surface area contributed by atoms with Gasteiger partial charge in [-0.05, 0) is 34.7 Å². The van der Waals surface area contributed by atoms with Gasteiger partial charge >= 0.3 is 0 Å². The number of rotatable bonds is 2. The molecule has 0 aliphatic heterocycles. The Morgan fingerprint density at radius 3 is 2.71 bits per heavy atom. The summed E-state index contributed by atoms with van der Waals surface area (Å²) in [6.45, 7) is 0. The van der Waals surface area contributed by atoms with Gasteiger partial charge < -0.3 is 0 Å². The Balaban J connectivity index is 3.50. The average molecular weight is 367 g/mol. The third-order valence-corrected chi connectivity index (χ3v) is 2.83. The monoisotopic (exact) mass is 366 g/mol. The third kappa shape index (κ3) is 2.22. The minimum atomic E-state index is -0.523. The molecule has 14 heavy (non-hydrogen) atoms. The van der Waals surface area contributed by atoms with Crippen LogP contribution in [0.15, 0.2) is 12.1 Å². The summed E-state index contributed by atoms with van der Waals surface area (Å²) in [5.41, 5.74) is 0.527. The van der Waals surface area contributed by atoms with Crippen LogP contribution in [-0.2, 0) is 5.33 Å². The van der Waals surface area contributed by atoms with Crippen LogP contribution in [-0.4, -0.2) is 4.92 Å². The maximum atomic E-state index is 10.7. The van der Waals surface area contributed by atoms with Crippen LogP contribution in [0.25, 0.3) is 0 Å². The number of nitro groups is 1. The molecule has 0 bridgehead atoms. The van der Waals surface area contributed by atoms with Crippen LogP contribution < -0.4 is 0 Å². The molecule has 0 aliphatic carbocycles. The van der Waals surface area contributed by atoms with E-state index in [1.165, 1.54) is 6.07 Å². The number of alkyl halides is 1. The first-order chi connectivity index (χ1) is 6.60. The van der Waals surface area contributed by atoms with Crippen LogP contribution in [0.5, 0.6) is 0 Å². The number of halogens is 2. The van der Waals surface area contributed by atoms with Crippen molar-refractivity contribution < 1.29 is 4.92 Å². The molecular formula is C8H4BrIN2O2. The molecular weight excluding hydrogens is 363 g/mol. The first-order valence-electron chi connectivity index (χ1n) is 3.53. The van der Waals surface area contributed by atoms with Gasteiger partial charge in [0.25, 0.3) is 5.69 Å². The predicted octanol–water partition coefficient (Wildman–Crippen LogP) is 2.97. The van der Waals surface area contributed by atoms with Crippen LogP contribution in [0, 0.1) is 25.0 Å². The Kier molecular flexibility index (Phi) is 3.83. The van der Waals surface area contributed by atoms with Gasteiger partial charge in [-0.2, -0.15) is 5.26 Å². The smallest absolute Gasteiger partial charge is 0.258 e. The van der Waals surface area contributed by atoms with E-state index in [1.54, 1.807) is 6.07 Å². The lowest BCUT2D eigenvalue weighted by molar-refractivity contribution is -0.385. The topological polar surface area (TPSA) is 66.9 Å². The molecule has 0 aromatic heterocycles. The summed E-state index contributed by atoms with van der Waals surface area (Å²) >= 11 is 5.18. The minimum Gasteiger partial charge on any atom is -0.258 e. The fraction of sp³-hybridized carbons (Fsp3) is 0.125. The molecule has 0 aliphatic rings. The van der Waals surface area contributed by atoms with E-state index in [2.05, 4.69) is 15.9 Å². The van der Waals surface area contributed by atoms with Crippen molar-refractivity contribution in [3.05, 3.63) is 36.9 Å². The Labute approximate surface area is 102 Å². The Morgan fingerprint density at radius 2 is 2.29 bits per heavy atom. The summed E-state index contributed by atoms with van der Waals surface area (Å²) < 4.78 is 0.819. The van der Waals surface area contributed by atoms with Gasteiger partial charge in [0.05, 0.1) is 4.92 Å². The quantitative estimate of drug-likeness (QED) is 0.350. The number of hydrogen-bond donors (Lipinski definition) is 0. The van der Waals surface area contributed by atoms with Crippen LogP contribution in [0.3, 0.4) is 0 Å². The Bertz CT molecular complexity index is 428. The molecule has 0 N–H and O–H groups in total. The number of hydrogen-bond acceptors (Lipinski definition) is 3. The largest absolute Gasteiger partial charge is 0.291 e. The molecule has 0 radical (unpaired) electrons. The van der Waals surface area contributed by atoms with Crippen molar-refractivity contribution in [2.75, 3.05) is 0 Å². The summed E-state index contributed by atoms with van der Waals surface area (Å²) in [6, 6.07) is 5.02. The molecule has 0 saturated carbocycles. The molecule has 0 saturated heterocycles. The molecule has 0 spiro atoms. The summed E-state index contributed by atoms with van der Waals surface area (Å²) in [4.78, 5) is 10.2. The second kappa shape index (κ2) is 4.70. The van der Waals surface area contributed by atoms with Crippen molar-refractivity contribution >= 4 is 44.2 Å². The van der Waals surface area contributed by atoms with Gasteiger partial charge in [0, 0.05) is 14.5 Å². The molecule has 6 heteroatoms. The number of nitrogens with zero attached hydrogens (tertiary/aromatic N) is 2. The maximum absolute atomic E-state index is 10.7. The van der Waals surface area contributed by atoms with Gasteiger partial charge in [0.15, 0.2) is 0 Å². The van der Waals surface area contributed by atoms with Gasteiger partial charge in [-0.15, -0.1) is 0 Å². The van der Waals surface area contributed by atoms with Gasteiger partial charge in [0.1, 0.15) is 11.6 Å². The molecule has 0 fully saturated rings. The lowest BCUT2D eigenvalue weighted by Crippen LogP contribution is -1.98. The van der Waals surface area contributed by atoms with E-state index in [4.69, 9.17) is 5.26 Å². The van der Waals surface area contributed by atoms with Crippen molar-refractivity contribution in [1.29, 1.82) is 5.26 Å². The standard InChI is InChI=1S/C8H4BrIN2O2/c9-3-5-1-7(10)2-6(4-11)8(5)12(13)14/h1-2H,3H2. The molecule has 1 aromatic rings. The summed E-state index contributed by atoms with van der Waals surface area (Å²) in [5, 5.41) is 19.8. The van der Waals surface area contributed by atoms with E-state index in [0.29, 0.717) is 10.9 Å². The van der Waals surface area contributed by atoms with Crippen LogP contribution in [0.4, 0.5) is 5.69 Å². The van der Waals surface area contributed by atoms with E-state index in [1.807, 2.05) is 28.7 Å². The van der Waals surface area contributed by atoms with Crippen molar-refractivity contribution in [3.8, 4) is 6.07 Å². The molecule has 1 aromatic carbocycles. The molecule has 0 heterocycles. The third-order valence-electron chi connectivity index (χ3n) is 1.60. The minimum absolute atomic E-state index is 0.107. The first kappa shape index (κ1) is 11.4. The number of nitriles is 1. The summed E-state index contributed by atoms with van der Waals surface area (Å²) in [5.74, 6) is 0. The first-order valence-corrected chi connectivity index (χ1v) is 5.73. The Hall–Kier alpha value is -0.680. The molecule has 0 atom stereocenters. The van der Waals surface area contributed by atoms with Crippen molar-refractivity contribution in [1.82, 2.24) is 0 Å². The predicted molar refractivity (Wildman–Crippen MR) is 63.2 cm³/mol. The highest BCUT2D eigenvalue weighted by Gasteiger charge is 2.19. The summed E-state index contributed by atoms with van der Waals surface area (Å²) in [7, 11) is 0. The second-order valence-corrected chi connectivity index (χ2v) is 4.27. The number of nitro benzene ring substituents is 1. The van der Waals surface area contributed by atoms with E-state index >= 15 is 0 Å². The Morgan fingerprint density at radius 1 is 1.64 bits per heavy atom. The fourth-order valence-corrected chi connectivity index (χ4v) is 2.17. The average Bonchev–Trinajstić information content (AvgIpc) is 2.15. The number of benzene rings is 1. The lowest BCUT2D eigenvalue weighted by atomic mass is 10.1. The maximum Gasteiger partial charge on any atom is 0.291 e. The fourth-order valence-electron chi connectivity index (χ4n) is 1.06. The molecule has 72 valence electrons. The van der Waals surface area contributed by atoms with Crippen molar-refractivity contribution in [2.45, 2.75) is 5.33 Å². The molecule has 4 nitrogen and oxygen atoms in total. The molecule has 1 rings (SSSR count). The van der Waals surface area contributed by atoms with Gasteiger partial charge in [-0.3, -0.25) is 10.1 Å². The van der Waals surface area contributed by atoms with Gasteiger partial charge in [-0.1, -0.05) is 15.9 Å². The summed E-state index contributed by atoms with van der Waals surface area (Å²) in [6.07, 6.45) is 0. The second-order valence-electron chi connectivity index (χ2n) is 2.46. The molecule has 0 amide bonds.